The van der Waals surface area contributed by atoms with Crippen molar-refractivity contribution in [1.29, 1.82) is 0 Å². The van der Waals surface area contributed by atoms with Crippen LogP contribution in [-0.2, 0) is 6.42 Å². The molecule has 3 heteroatoms. The first-order valence-corrected chi connectivity index (χ1v) is 6.16. The van der Waals surface area contributed by atoms with E-state index >= 15 is 0 Å². The predicted octanol–water partition coefficient (Wildman–Crippen LogP) is 3.13. The van der Waals surface area contributed by atoms with Gasteiger partial charge in [-0.3, -0.25) is 0 Å². The Bertz CT molecular complexity index is 526. The van der Waals surface area contributed by atoms with Crippen LogP contribution in [0.4, 0.5) is 0 Å². The van der Waals surface area contributed by atoms with Crippen LogP contribution < -0.4 is 5.73 Å². The highest BCUT2D eigenvalue weighted by atomic mass is 35.5. The molecular weight excluding hydrogens is 220 g/mol. The molecule has 0 bridgehead atoms. The van der Waals surface area contributed by atoms with Gasteiger partial charge in [0.1, 0.15) is 0 Å². The van der Waals surface area contributed by atoms with E-state index in [4.69, 9.17) is 17.3 Å². The standard InChI is InChI=1S/C13H15ClN2/c14-10-1-4-13-12(7-10)9(5-6-15)8-16(13)11-2-3-11/h1,4,7-8,11H,2-3,5-6,15H2. The Kier molecular flexibility index (Phi) is 2.41. The van der Waals surface area contributed by atoms with Crippen LogP contribution in [0.5, 0.6) is 0 Å². The molecule has 1 aromatic heterocycles. The van der Waals surface area contributed by atoms with E-state index in [-0.39, 0.29) is 0 Å². The third kappa shape index (κ3) is 1.62. The fourth-order valence-corrected chi connectivity index (χ4v) is 2.48. The molecule has 1 aliphatic rings. The maximum atomic E-state index is 6.05. The first-order chi connectivity index (χ1) is 7.79. The number of hydrogen-bond donors (Lipinski definition) is 1. The van der Waals surface area contributed by atoms with Gasteiger partial charge in [-0.15, -0.1) is 0 Å². The van der Waals surface area contributed by atoms with Gasteiger partial charge < -0.3 is 10.3 Å². The first-order valence-electron chi connectivity index (χ1n) is 5.78. The van der Waals surface area contributed by atoms with E-state index in [0.29, 0.717) is 12.6 Å². The van der Waals surface area contributed by atoms with Crippen LogP contribution in [-0.4, -0.2) is 11.1 Å². The summed E-state index contributed by atoms with van der Waals surface area (Å²) in [7, 11) is 0. The van der Waals surface area contributed by atoms with E-state index in [1.165, 1.54) is 29.3 Å². The van der Waals surface area contributed by atoms with Gasteiger partial charge in [-0.1, -0.05) is 11.6 Å². The molecule has 0 unspecified atom stereocenters. The van der Waals surface area contributed by atoms with Gasteiger partial charge >= 0.3 is 0 Å². The second-order valence-corrected chi connectivity index (χ2v) is 4.93. The van der Waals surface area contributed by atoms with E-state index in [2.05, 4.69) is 22.9 Å². The second kappa shape index (κ2) is 3.79. The molecule has 0 saturated heterocycles. The third-order valence-corrected chi connectivity index (χ3v) is 3.47. The van der Waals surface area contributed by atoms with Gasteiger partial charge in [0.15, 0.2) is 0 Å². The molecule has 2 aromatic rings. The van der Waals surface area contributed by atoms with E-state index in [9.17, 15) is 0 Å². The Morgan fingerprint density at radius 1 is 1.38 bits per heavy atom. The van der Waals surface area contributed by atoms with Crippen LogP contribution in [0.25, 0.3) is 10.9 Å². The highest BCUT2D eigenvalue weighted by Gasteiger charge is 2.25. The van der Waals surface area contributed by atoms with Crippen molar-refractivity contribution < 1.29 is 0 Å². The average molecular weight is 235 g/mol. The molecule has 0 spiro atoms. The van der Waals surface area contributed by atoms with E-state index < -0.39 is 0 Å². The smallest absolute Gasteiger partial charge is 0.0486 e. The third-order valence-electron chi connectivity index (χ3n) is 3.23. The van der Waals surface area contributed by atoms with Gasteiger partial charge in [0.2, 0.25) is 0 Å². The van der Waals surface area contributed by atoms with Crippen molar-refractivity contribution in [2.24, 2.45) is 5.73 Å². The van der Waals surface area contributed by atoms with Crippen molar-refractivity contribution in [3.05, 3.63) is 35.0 Å². The topological polar surface area (TPSA) is 30.9 Å². The molecule has 16 heavy (non-hydrogen) atoms. The summed E-state index contributed by atoms with van der Waals surface area (Å²) in [6.45, 7) is 0.691. The summed E-state index contributed by atoms with van der Waals surface area (Å²) in [4.78, 5) is 0. The molecule has 0 radical (unpaired) electrons. The molecule has 1 aromatic carbocycles. The Balaban J connectivity index is 2.20. The number of halogens is 1. The van der Waals surface area contributed by atoms with Crippen LogP contribution in [0, 0.1) is 0 Å². The molecule has 1 fully saturated rings. The zero-order valence-corrected chi connectivity index (χ0v) is 9.87. The lowest BCUT2D eigenvalue weighted by atomic mass is 10.1. The lowest BCUT2D eigenvalue weighted by molar-refractivity contribution is 0.770. The molecule has 2 nitrogen and oxygen atoms in total. The van der Waals surface area contributed by atoms with Crippen molar-refractivity contribution >= 4 is 22.5 Å². The SMILES string of the molecule is NCCc1cn(C2CC2)c2ccc(Cl)cc12. The normalized spacial score (nSPS) is 15.9. The minimum Gasteiger partial charge on any atom is -0.344 e. The van der Waals surface area contributed by atoms with Crippen molar-refractivity contribution in [1.82, 2.24) is 4.57 Å². The van der Waals surface area contributed by atoms with Gasteiger partial charge in [-0.2, -0.15) is 0 Å². The highest BCUT2D eigenvalue weighted by Crippen LogP contribution is 2.39. The minimum absolute atomic E-state index is 0.691. The zero-order valence-electron chi connectivity index (χ0n) is 9.12. The van der Waals surface area contributed by atoms with Gasteiger partial charge in [0.25, 0.3) is 0 Å². The minimum atomic E-state index is 0.691. The summed E-state index contributed by atoms with van der Waals surface area (Å²) in [6.07, 6.45) is 5.78. The van der Waals surface area contributed by atoms with Crippen LogP contribution >= 0.6 is 11.6 Å². The number of aromatic nitrogens is 1. The molecule has 2 N–H and O–H groups in total. The summed E-state index contributed by atoms with van der Waals surface area (Å²) < 4.78 is 2.39. The number of fused-ring (bicyclic) bond motifs is 1. The van der Waals surface area contributed by atoms with E-state index in [1.807, 2.05) is 6.07 Å². The monoisotopic (exact) mass is 234 g/mol. The van der Waals surface area contributed by atoms with E-state index in [1.54, 1.807) is 0 Å². The van der Waals surface area contributed by atoms with Crippen molar-refractivity contribution in [2.75, 3.05) is 6.54 Å². The average Bonchev–Trinajstić information content (AvgIpc) is 3.04. The van der Waals surface area contributed by atoms with Crippen LogP contribution in [0.1, 0.15) is 24.4 Å². The predicted molar refractivity (Wildman–Crippen MR) is 68.0 cm³/mol. The Labute approximate surface area is 100.0 Å². The Morgan fingerprint density at radius 2 is 2.19 bits per heavy atom. The number of benzene rings is 1. The van der Waals surface area contributed by atoms with Crippen LogP contribution in [0.3, 0.4) is 0 Å². The number of nitrogens with two attached hydrogens (primary N) is 1. The molecule has 0 atom stereocenters. The largest absolute Gasteiger partial charge is 0.344 e. The molecule has 0 aliphatic heterocycles. The van der Waals surface area contributed by atoms with Crippen LogP contribution in [0.2, 0.25) is 5.02 Å². The molecule has 1 heterocycles. The Hall–Kier alpha value is -0.990. The molecule has 1 aliphatic carbocycles. The van der Waals surface area contributed by atoms with Gasteiger partial charge in [-0.05, 0) is 49.6 Å². The molecule has 0 amide bonds. The maximum Gasteiger partial charge on any atom is 0.0486 e. The summed E-state index contributed by atoms with van der Waals surface area (Å²) in [5, 5.41) is 2.07. The highest BCUT2D eigenvalue weighted by molar-refractivity contribution is 6.31. The number of nitrogens with zero attached hydrogens (tertiary/aromatic N) is 1. The van der Waals surface area contributed by atoms with Gasteiger partial charge in [-0.25, -0.2) is 0 Å². The van der Waals surface area contributed by atoms with Crippen molar-refractivity contribution in [2.45, 2.75) is 25.3 Å². The molecule has 84 valence electrons. The van der Waals surface area contributed by atoms with E-state index in [0.717, 1.165) is 11.4 Å². The summed E-state index contributed by atoms with van der Waals surface area (Å²) >= 11 is 6.05. The van der Waals surface area contributed by atoms with Crippen LogP contribution in [0.15, 0.2) is 24.4 Å². The number of hydrogen-bond acceptors (Lipinski definition) is 1. The molecule has 1 saturated carbocycles. The summed E-state index contributed by atoms with van der Waals surface area (Å²) in [5.41, 5.74) is 8.28. The lowest BCUT2D eigenvalue weighted by Gasteiger charge is -2.01. The van der Waals surface area contributed by atoms with Crippen molar-refractivity contribution in [3.63, 3.8) is 0 Å². The van der Waals surface area contributed by atoms with Crippen molar-refractivity contribution in [3.8, 4) is 0 Å². The quantitative estimate of drug-likeness (QED) is 0.869. The summed E-state index contributed by atoms with van der Waals surface area (Å²) in [6, 6.07) is 6.85. The maximum absolute atomic E-state index is 6.05. The summed E-state index contributed by atoms with van der Waals surface area (Å²) in [5.74, 6) is 0. The van der Waals surface area contributed by atoms with Gasteiger partial charge in [0, 0.05) is 28.2 Å². The first kappa shape index (κ1) is 10.2. The fourth-order valence-electron chi connectivity index (χ4n) is 2.31. The lowest BCUT2D eigenvalue weighted by Crippen LogP contribution is -2.02. The second-order valence-electron chi connectivity index (χ2n) is 4.49. The molecule has 3 rings (SSSR count). The molecular formula is C13H15ClN2. The Morgan fingerprint density at radius 3 is 2.88 bits per heavy atom. The van der Waals surface area contributed by atoms with Gasteiger partial charge in [0.05, 0.1) is 0 Å². The number of rotatable bonds is 3. The fraction of sp³-hybridized carbons (Fsp3) is 0.385. The zero-order chi connectivity index (χ0) is 11.1.